The van der Waals surface area contributed by atoms with Crippen molar-refractivity contribution in [2.75, 3.05) is 12.8 Å². The van der Waals surface area contributed by atoms with Crippen LogP contribution >= 0.6 is 24.2 Å². The van der Waals surface area contributed by atoms with E-state index in [0.717, 1.165) is 24.3 Å². The molecule has 0 spiro atoms. The van der Waals surface area contributed by atoms with Gasteiger partial charge in [0, 0.05) is 17.0 Å². The van der Waals surface area contributed by atoms with E-state index in [9.17, 15) is 8.42 Å². The molecule has 1 saturated heterocycles. The van der Waals surface area contributed by atoms with Crippen LogP contribution in [0.2, 0.25) is 0 Å². The minimum absolute atomic E-state index is 0. The molecule has 1 aromatic rings. The Bertz CT molecular complexity index is 537. The van der Waals surface area contributed by atoms with Gasteiger partial charge in [-0.15, -0.1) is 24.2 Å². The van der Waals surface area contributed by atoms with Crippen molar-refractivity contribution in [2.45, 2.75) is 41.6 Å². The van der Waals surface area contributed by atoms with E-state index in [4.69, 9.17) is 0 Å². The highest BCUT2D eigenvalue weighted by atomic mass is 35.5. The van der Waals surface area contributed by atoms with Gasteiger partial charge >= 0.3 is 0 Å². The lowest BCUT2D eigenvalue weighted by atomic mass is 10.0. The van der Waals surface area contributed by atoms with Gasteiger partial charge in [-0.2, -0.15) is 0 Å². The van der Waals surface area contributed by atoms with Gasteiger partial charge in [0.1, 0.15) is 0 Å². The van der Waals surface area contributed by atoms with E-state index < -0.39 is 10.0 Å². The number of benzene rings is 1. The first kappa shape index (κ1) is 17.8. The largest absolute Gasteiger partial charge is 0.313 e. The third-order valence-electron chi connectivity index (χ3n) is 3.42. The highest BCUT2D eigenvalue weighted by Gasteiger charge is 2.26. The lowest BCUT2D eigenvalue weighted by molar-refractivity contribution is 0.349. The van der Waals surface area contributed by atoms with Crippen molar-refractivity contribution in [3.8, 4) is 0 Å². The average molecular weight is 337 g/mol. The van der Waals surface area contributed by atoms with E-state index in [-0.39, 0.29) is 24.5 Å². The summed E-state index contributed by atoms with van der Waals surface area (Å²) >= 11 is 1.54. The number of piperidine rings is 1. The predicted molar refractivity (Wildman–Crippen MR) is 86.3 cm³/mol. The molecule has 0 amide bonds. The molecule has 2 rings (SSSR count). The molecule has 1 aromatic carbocycles. The molecular formula is C13H21ClN2O2S2. The fraction of sp³-hybridized carbons (Fsp3) is 0.538. The number of sulfonamides is 1. The molecule has 4 nitrogen and oxygen atoms in total. The summed E-state index contributed by atoms with van der Waals surface area (Å²) in [7, 11) is -3.43. The molecule has 0 aromatic heterocycles. The van der Waals surface area contributed by atoms with Gasteiger partial charge in [-0.05, 0) is 50.8 Å². The van der Waals surface area contributed by atoms with Gasteiger partial charge in [-0.3, -0.25) is 0 Å². The zero-order chi connectivity index (χ0) is 13.9. The molecule has 114 valence electrons. The minimum atomic E-state index is -3.43. The molecule has 2 N–H and O–H groups in total. The number of hydrogen-bond acceptors (Lipinski definition) is 4. The molecule has 0 radical (unpaired) electrons. The van der Waals surface area contributed by atoms with Crippen LogP contribution in [-0.2, 0) is 10.0 Å². The Morgan fingerprint density at radius 3 is 2.80 bits per heavy atom. The maximum absolute atomic E-state index is 12.4. The quantitative estimate of drug-likeness (QED) is 0.828. The number of nitrogens with one attached hydrogen (secondary N) is 2. The SMILES string of the molecule is CSc1cccc(S(=O)(=O)NC2CCCNC2C)c1.Cl. The van der Waals surface area contributed by atoms with Crippen LogP contribution in [0.1, 0.15) is 19.8 Å². The van der Waals surface area contributed by atoms with Gasteiger partial charge in [0.15, 0.2) is 0 Å². The van der Waals surface area contributed by atoms with E-state index in [1.807, 2.05) is 19.2 Å². The molecular weight excluding hydrogens is 316 g/mol. The Morgan fingerprint density at radius 2 is 2.15 bits per heavy atom. The van der Waals surface area contributed by atoms with E-state index >= 15 is 0 Å². The molecule has 1 fully saturated rings. The fourth-order valence-electron chi connectivity index (χ4n) is 2.24. The number of thioether (sulfide) groups is 1. The van der Waals surface area contributed by atoms with E-state index in [0.29, 0.717) is 4.90 Å². The maximum Gasteiger partial charge on any atom is 0.240 e. The fourth-order valence-corrected chi connectivity index (χ4v) is 4.17. The first-order valence-electron chi connectivity index (χ1n) is 6.43. The van der Waals surface area contributed by atoms with E-state index in [1.165, 1.54) is 0 Å². The Morgan fingerprint density at radius 1 is 1.40 bits per heavy atom. The summed E-state index contributed by atoms with van der Waals surface area (Å²) in [5, 5.41) is 3.30. The summed E-state index contributed by atoms with van der Waals surface area (Å²) in [6.45, 7) is 2.98. The zero-order valence-electron chi connectivity index (χ0n) is 11.6. The Kier molecular flexibility index (Phi) is 6.81. The second-order valence-corrected chi connectivity index (χ2v) is 7.39. The van der Waals surface area contributed by atoms with Gasteiger partial charge in [-0.25, -0.2) is 13.1 Å². The van der Waals surface area contributed by atoms with Crippen molar-refractivity contribution in [3.63, 3.8) is 0 Å². The van der Waals surface area contributed by atoms with Crippen LogP contribution < -0.4 is 10.0 Å². The molecule has 2 unspecified atom stereocenters. The van der Waals surface area contributed by atoms with Crippen molar-refractivity contribution in [2.24, 2.45) is 0 Å². The molecule has 0 aliphatic carbocycles. The molecule has 1 heterocycles. The smallest absolute Gasteiger partial charge is 0.240 e. The summed E-state index contributed by atoms with van der Waals surface area (Å²) in [6.07, 6.45) is 3.82. The normalized spacial score (nSPS) is 23.1. The van der Waals surface area contributed by atoms with E-state index in [1.54, 1.807) is 30.0 Å². The summed E-state index contributed by atoms with van der Waals surface area (Å²) < 4.78 is 27.5. The van der Waals surface area contributed by atoms with Crippen molar-refractivity contribution in [3.05, 3.63) is 24.3 Å². The number of halogens is 1. The van der Waals surface area contributed by atoms with Crippen molar-refractivity contribution < 1.29 is 8.42 Å². The second-order valence-electron chi connectivity index (χ2n) is 4.79. The van der Waals surface area contributed by atoms with Gasteiger partial charge in [0.25, 0.3) is 0 Å². The Hall–Kier alpha value is -0.270. The van der Waals surface area contributed by atoms with Crippen molar-refractivity contribution in [1.82, 2.24) is 10.0 Å². The van der Waals surface area contributed by atoms with Crippen LogP contribution in [0.5, 0.6) is 0 Å². The van der Waals surface area contributed by atoms with Crippen LogP contribution in [0.4, 0.5) is 0 Å². The summed E-state index contributed by atoms with van der Waals surface area (Å²) in [4.78, 5) is 1.30. The molecule has 1 aliphatic heterocycles. The Labute approximate surface area is 131 Å². The minimum Gasteiger partial charge on any atom is -0.313 e. The molecule has 20 heavy (non-hydrogen) atoms. The van der Waals surface area contributed by atoms with Crippen LogP contribution in [-0.4, -0.2) is 33.3 Å². The van der Waals surface area contributed by atoms with Gasteiger partial charge in [0.05, 0.1) is 4.90 Å². The van der Waals surface area contributed by atoms with Crippen LogP contribution in [0.3, 0.4) is 0 Å². The van der Waals surface area contributed by atoms with E-state index in [2.05, 4.69) is 10.0 Å². The second kappa shape index (κ2) is 7.66. The lowest BCUT2D eigenvalue weighted by Gasteiger charge is -2.30. The Balaban J connectivity index is 0.00000200. The predicted octanol–water partition coefficient (Wildman–Crippen LogP) is 2.25. The summed E-state index contributed by atoms with van der Waals surface area (Å²) in [6, 6.07) is 7.19. The van der Waals surface area contributed by atoms with Crippen molar-refractivity contribution in [1.29, 1.82) is 0 Å². The lowest BCUT2D eigenvalue weighted by Crippen LogP contribution is -2.51. The number of rotatable bonds is 4. The topological polar surface area (TPSA) is 58.2 Å². The molecule has 7 heteroatoms. The highest BCUT2D eigenvalue weighted by molar-refractivity contribution is 7.98. The van der Waals surface area contributed by atoms with Crippen molar-refractivity contribution >= 4 is 34.2 Å². The molecule has 2 atom stereocenters. The third kappa shape index (κ3) is 4.36. The van der Waals surface area contributed by atoms with Crippen LogP contribution in [0.25, 0.3) is 0 Å². The third-order valence-corrected chi connectivity index (χ3v) is 5.63. The van der Waals surface area contributed by atoms with Crippen LogP contribution in [0, 0.1) is 0 Å². The number of hydrogen-bond donors (Lipinski definition) is 2. The van der Waals surface area contributed by atoms with Gasteiger partial charge in [-0.1, -0.05) is 6.07 Å². The van der Waals surface area contributed by atoms with Gasteiger partial charge in [0.2, 0.25) is 10.0 Å². The molecule has 0 saturated carbocycles. The first-order chi connectivity index (χ1) is 9.03. The monoisotopic (exact) mass is 336 g/mol. The van der Waals surface area contributed by atoms with Gasteiger partial charge < -0.3 is 5.32 Å². The summed E-state index contributed by atoms with van der Waals surface area (Å²) in [5.41, 5.74) is 0. The standard InChI is InChI=1S/C13H20N2O2S2.ClH/c1-10-13(7-4-8-14-10)15-19(16,17)12-6-3-5-11(9-12)18-2;/h3,5-6,9-10,13-15H,4,7-8H2,1-2H3;1H. The maximum atomic E-state index is 12.4. The highest BCUT2D eigenvalue weighted by Crippen LogP contribution is 2.20. The molecule has 1 aliphatic rings. The zero-order valence-corrected chi connectivity index (χ0v) is 14.1. The average Bonchev–Trinajstić information content (AvgIpc) is 2.41. The summed E-state index contributed by atoms with van der Waals surface area (Å²) in [5.74, 6) is 0. The molecule has 0 bridgehead atoms. The van der Waals surface area contributed by atoms with Crippen LogP contribution in [0.15, 0.2) is 34.1 Å². The first-order valence-corrected chi connectivity index (χ1v) is 9.13.